The summed E-state index contributed by atoms with van der Waals surface area (Å²) in [5, 5.41) is 3.11. The predicted octanol–water partition coefficient (Wildman–Crippen LogP) is 2.06. The molecule has 0 saturated heterocycles. The van der Waals surface area contributed by atoms with Crippen molar-refractivity contribution in [3.8, 4) is 0 Å². The van der Waals surface area contributed by atoms with Crippen LogP contribution < -0.4 is 16.6 Å². The third-order valence-corrected chi connectivity index (χ3v) is 4.94. The lowest BCUT2D eigenvalue weighted by Gasteiger charge is -2.15. The van der Waals surface area contributed by atoms with E-state index in [2.05, 4.69) is 10.3 Å². The van der Waals surface area contributed by atoms with Gasteiger partial charge in [-0.1, -0.05) is 13.0 Å². The largest absolute Gasteiger partial charge is 0.332 e. The number of nitrogens with one attached hydrogen (secondary N) is 1. The van der Waals surface area contributed by atoms with Crippen molar-refractivity contribution >= 4 is 22.6 Å². The number of carbonyl (C=O) groups is 1. The molecular formula is C20H22N4O3. The first-order valence-electron chi connectivity index (χ1n) is 8.72. The molecule has 1 aromatic carbocycles. The number of hydrogen-bond donors (Lipinski definition) is 1. The van der Waals surface area contributed by atoms with Crippen LogP contribution in [0, 0.1) is 13.8 Å². The van der Waals surface area contributed by atoms with E-state index < -0.39 is 11.2 Å². The third-order valence-electron chi connectivity index (χ3n) is 4.94. The van der Waals surface area contributed by atoms with Crippen molar-refractivity contribution in [2.24, 2.45) is 14.1 Å². The molecule has 0 saturated carbocycles. The molecular weight excluding hydrogens is 344 g/mol. The molecule has 140 valence electrons. The Morgan fingerprint density at radius 1 is 1.11 bits per heavy atom. The van der Waals surface area contributed by atoms with E-state index in [1.54, 1.807) is 19.3 Å². The van der Waals surface area contributed by atoms with Gasteiger partial charge in [0.05, 0.1) is 5.69 Å². The van der Waals surface area contributed by atoms with Crippen LogP contribution >= 0.6 is 0 Å². The second-order valence-electron chi connectivity index (χ2n) is 6.67. The van der Waals surface area contributed by atoms with Crippen LogP contribution in [0.3, 0.4) is 0 Å². The summed E-state index contributed by atoms with van der Waals surface area (Å²) in [6, 6.07) is 5.45. The fraction of sp³-hybridized carbons (Fsp3) is 0.300. The quantitative estimate of drug-likeness (QED) is 0.769. The zero-order chi connectivity index (χ0) is 19.9. The van der Waals surface area contributed by atoms with E-state index in [9.17, 15) is 14.4 Å². The SMILES string of the molecule is CCc1cnc2c(c1NC(=O)c1ccc(C)c(C)c1)c(=O)n(C)c(=O)n2C. The topological polar surface area (TPSA) is 86.0 Å². The fourth-order valence-electron chi connectivity index (χ4n) is 3.05. The van der Waals surface area contributed by atoms with Gasteiger partial charge in [-0.25, -0.2) is 9.78 Å². The van der Waals surface area contributed by atoms with Crippen molar-refractivity contribution in [1.29, 1.82) is 0 Å². The Bertz CT molecular complexity index is 1190. The van der Waals surface area contributed by atoms with Gasteiger partial charge in [0.15, 0.2) is 5.65 Å². The van der Waals surface area contributed by atoms with Crippen LogP contribution in [0.25, 0.3) is 11.0 Å². The van der Waals surface area contributed by atoms with E-state index in [0.717, 1.165) is 21.3 Å². The van der Waals surface area contributed by atoms with E-state index >= 15 is 0 Å². The van der Waals surface area contributed by atoms with E-state index in [-0.39, 0.29) is 16.9 Å². The van der Waals surface area contributed by atoms with Crippen molar-refractivity contribution in [1.82, 2.24) is 14.1 Å². The third kappa shape index (κ3) is 3.05. The van der Waals surface area contributed by atoms with Gasteiger partial charge >= 0.3 is 5.69 Å². The summed E-state index contributed by atoms with van der Waals surface area (Å²) in [5.74, 6) is -0.309. The Morgan fingerprint density at radius 3 is 2.44 bits per heavy atom. The first kappa shape index (κ1) is 18.6. The average Bonchev–Trinajstić information content (AvgIpc) is 2.66. The summed E-state index contributed by atoms with van der Waals surface area (Å²) < 4.78 is 2.33. The summed E-state index contributed by atoms with van der Waals surface area (Å²) in [7, 11) is 2.97. The van der Waals surface area contributed by atoms with E-state index in [0.29, 0.717) is 17.7 Å². The standard InChI is InChI=1S/C20H22N4O3/c1-6-13-10-21-17-15(19(26)24(5)20(27)23(17)4)16(13)22-18(25)14-8-7-11(2)12(3)9-14/h7-10H,6H2,1-5H3,(H,21,22,25). The molecule has 3 rings (SSSR count). The molecule has 27 heavy (non-hydrogen) atoms. The fourth-order valence-corrected chi connectivity index (χ4v) is 3.05. The summed E-state index contributed by atoms with van der Waals surface area (Å²) in [6.07, 6.45) is 2.18. The Balaban J connectivity index is 2.23. The van der Waals surface area contributed by atoms with Crippen LogP contribution in [-0.4, -0.2) is 20.0 Å². The number of pyridine rings is 1. The molecule has 7 heteroatoms. The van der Waals surface area contributed by atoms with Gasteiger partial charge in [0.25, 0.3) is 11.5 Å². The molecule has 3 aromatic rings. The van der Waals surface area contributed by atoms with Crippen LogP contribution in [0.5, 0.6) is 0 Å². The second kappa shape index (κ2) is 6.83. The minimum atomic E-state index is -0.480. The monoisotopic (exact) mass is 366 g/mol. The van der Waals surface area contributed by atoms with Gasteiger partial charge in [0, 0.05) is 25.9 Å². The molecule has 2 heterocycles. The number of aromatic nitrogens is 3. The van der Waals surface area contributed by atoms with E-state index in [1.165, 1.54) is 11.6 Å². The molecule has 0 spiro atoms. The summed E-state index contributed by atoms with van der Waals surface area (Å²) in [5.41, 5.74) is 3.05. The Kier molecular flexibility index (Phi) is 4.70. The van der Waals surface area contributed by atoms with Gasteiger partial charge in [-0.2, -0.15) is 0 Å². The number of carbonyl (C=O) groups excluding carboxylic acids is 1. The van der Waals surface area contributed by atoms with Crippen LogP contribution in [0.15, 0.2) is 34.0 Å². The smallest absolute Gasteiger partial charge is 0.321 e. The average molecular weight is 366 g/mol. The molecule has 0 atom stereocenters. The van der Waals surface area contributed by atoms with Crippen molar-refractivity contribution < 1.29 is 4.79 Å². The predicted molar refractivity (Wildman–Crippen MR) is 105 cm³/mol. The number of anilines is 1. The highest BCUT2D eigenvalue weighted by molar-refractivity contribution is 6.09. The lowest BCUT2D eigenvalue weighted by Crippen LogP contribution is -2.38. The minimum Gasteiger partial charge on any atom is -0.321 e. The lowest BCUT2D eigenvalue weighted by atomic mass is 10.1. The van der Waals surface area contributed by atoms with Crippen LogP contribution in [0.4, 0.5) is 5.69 Å². The molecule has 1 N–H and O–H groups in total. The van der Waals surface area contributed by atoms with Crippen molar-refractivity contribution in [3.05, 3.63) is 67.5 Å². The molecule has 1 amide bonds. The highest BCUT2D eigenvalue weighted by Crippen LogP contribution is 2.24. The first-order valence-corrected chi connectivity index (χ1v) is 8.72. The summed E-state index contributed by atoms with van der Waals surface area (Å²) in [4.78, 5) is 42.1. The molecule has 7 nitrogen and oxygen atoms in total. The maximum atomic E-state index is 12.8. The van der Waals surface area contributed by atoms with Gasteiger partial charge < -0.3 is 5.32 Å². The molecule has 0 radical (unpaired) electrons. The number of fused-ring (bicyclic) bond motifs is 1. The van der Waals surface area contributed by atoms with E-state index in [4.69, 9.17) is 0 Å². The van der Waals surface area contributed by atoms with Crippen molar-refractivity contribution in [2.75, 3.05) is 5.32 Å². The number of nitrogens with zero attached hydrogens (tertiary/aromatic N) is 3. The lowest BCUT2D eigenvalue weighted by molar-refractivity contribution is 0.102. The molecule has 0 fully saturated rings. The summed E-state index contributed by atoms with van der Waals surface area (Å²) in [6.45, 7) is 5.84. The maximum absolute atomic E-state index is 12.8. The van der Waals surface area contributed by atoms with Crippen LogP contribution in [-0.2, 0) is 20.5 Å². The number of rotatable bonds is 3. The van der Waals surface area contributed by atoms with Crippen LogP contribution in [0.2, 0.25) is 0 Å². The highest BCUT2D eigenvalue weighted by Gasteiger charge is 2.19. The first-order chi connectivity index (χ1) is 12.8. The Morgan fingerprint density at radius 2 is 1.81 bits per heavy atom. The highest BCUT2D eigenvalue weighted by atomic mass is 16.2. The normalized spacial score (nSPS) is 11.0. The molecule has 0 aliphatic heterocycles. The number of benzene rings is 1. The van der Waals surface area contributed by atoms with Gasteiger partial charge in [-0.3, -0.25) is 18.7 Å². The van der Waals surface area contributed by atoms with Crippen molar-refractivity contribution in [2.45, 2.75) is 27.2 Å². The zero-order valence-electron chi connectivity index (χ0n) is 16.1. The van der Waals surface area contributed by atoms with Gasteiger partial charge in [0.1, 0.15) is 5.39 Å². The molecule has 0 unspecified atom stereocenters. The van der Waals surface area contributed by atoms with Gasteiger partial charge in [-0.15, -0.1) is 0 Å². The molecule has 0 bridgehead atoms. The zero-order valence-corrected chi connectivity index (χ0v) is 16.1. The Hall–Kier alpha value is -3.22. The van der Waals surface area contributed by atoms with Gasteiger partial charge in [0.2, 0.25) is 0 Å². The minimum absolute atomic E-state index is 0.233. The molecule has 2 aromatic heterocycles. The second-order valence-corrected chi connectivity index (χ2v) is 6.67. The number of amides is 1. The molecule has 0 aliphatic carbocycles. The molecule has 0 aliphatic rings. The number of aryl methyl sites for hydroxylation is 4. The van der Waals surface area contributed by atoms with Gasteiger partial charge in [-0.05, 0) is 49.1 Å². The number of hydrogen-bond acceptors (Lipinski definition) is 4. The van der Waals surface area contributed by atoms with E-state index in [1.807, 2.05) is 32.9 Å². The van der Waals surface area contributed by atoms with Crippen molar-refractivity contribution in [3.63, 3.8) is 0 Å². The summed E-state index contributed by atoms with van der Waals surface area (Å²) >= 11 is 0. The Labute approximate surface area is 156 Å². The maximum Gasteiger partial charge on any atom is 0.332 e. The van der Waals surface area contributed by atoms with Crippen LogP contribution in [0.1, 0.15) is 34.0 Å².